The summed E-state index contributed by atoms with van der Waals surface area (Å²) in [6.45, 7) is 4.78. The Morgan fingerprint density at radius 1 is 1.10 bits per heavy atom. The van der Waals surface area contributed by atoms with Crippen LogP contribution in [0.5, 0.6) is 0 Å². The maximum Gasteiger partial charge on any atom is 0.123 e. The van der Waals surface area contributed by atoms with E-state index in [2.05, 4.69) is 41.3 Å². The van der Waals surface area contributed by atoms with E-state index in [0.29, 0.717) is 6.54 Å². The molecule has 152 valence electrons. The van der Waals surface area contributed by atoms with E-state index in [1.165, 1.54) is 12.1 Å². The second kappa shape index (κ2) is 8.97. The SMILES string of the molecule is Cc1cccc(-n2cc(CNC(C)Cc3cnccn3)c(-c3cccc(F)c3)n2)c1. The standard InChI is InChI=1S/C24H24FN5/c1-17-5-3-8-23(11-17)30-16-20(24(29-30)19-6-4-7-21(25)13-19)14-28-18(2)12-22-15-26-9-10-27-22/h3-11,13,15-16,18,28H,12,14H2,1-2H3. The maximum atomic E-state index is 13.9. The van der Waals surface area contributed by atoms with Gasteiger partial charge >= 0.3 is 0 Å². The van der Waals surface area contributed by atoms with Crippen molar-refractivity contribution in [3.05, 3.63) is 96.0 Å². The Morgan fingerprint density at radius 3 is 2.73 bits per heavy atom. The lowest BCUT2D eigenvalue weighted by Gasteiger charge is -2.13. The van der Waals surface area contributed by atoms with Crippen LogP contribution in [0.1, 0.15) is 23.7 Å². The highest BCUT2D eigenvalue weighted by Crippen LogP contribution is 2.25. The zero-order valence-corrected chi connectivity index (χ0v) is 17.1. The van der Waals surface area contributed by atoms with Crippen LogP contribution in [-0.2, 0) is 13.0 Å². The van der Waals surface area contributed by atoms with Gasteiger partial charge in [0, 0.05) is 54.9 Å². The third-order valence-electron chi connectivity index (χ3n) is 4.93. The molecule has 0 amide bonds. The predicted molar refractivity (Wildman–Crippen MR) is 116 cm³/mol. The van der Waals surface area contributed by atoms with Crippen molar-refractivity contribution in [1.82, 2.24) is 25.1 Å². The Balaban J connectivity index is 1.60. The number of benzene rings is 2. The third kappa shape index (κ3) is 4.78. The summed E-state index contributed by atoms with van der Waals surface area (Å²) in [5.74, 6) is -0.271. The van der Waals surface area contributed by atoms with Gasteiger partial charge in [0.1, 0.15) is 5.82 Å². The van der Waals surface area contributed by atoms with Gasteiger partial charge in [-0.3, -0.25) is 9.97 Å². The monoisotopic (exact) mass is 401 g/mol. The number of rotatable bonds is 7. The number of hydrogen-bond donors (Lipinski definition) is 1. The van der Waals surface area contributed by atoms with Crippen LogP contribution in [0.15, 0.2) is 73.3 Å². The average Bonchev–Trinajstić information content (AvgIpc) is 3.17. The van der Waals surface area contributed by atoms with Crippen molar-refractivity contribution in [2.24, 2.45) is 0 Å². The van der Waals surface area contributed by atoms with Gasteiger partial charge in [0.2, 0.25) is 0 Å². The third-order valence-corrected chi connectivity index (χ3v) is 4.93. The Morgan fingerprint density at radius 2 is 1.97 bits per heavy atom. The van der Waals surface area contributed by atoms with Crippen molar-refractivity contribution in [2.75, 3.05) is 0 Å². The predicted octanol–water partition coefficient (Wildman–Crippen LogP) is 4.50. The first kappa shape index (κ1) is 19.9. The summed E-state index contributed by atoms with van der Waals surface area (Å²) in [6, 6.07) is 14.9. The number of nitrogens with one attached hydrogen (secondary N) is 1. The van der Waals surface area contributed by atoms with Gasteiger partial charge in [0.25, 0.3) is 0 Å². The molecule has 1 N–H and O–H groups in total. The number of aromatic nitrogens is 4. The van der Waals surface area contributed by atoms with E-state index >= 15 is 0 Å². The van der Waals surface area contributed by atoms with Crippen molar-refractivity contribution >= 4 is 0 Å². The Hall–Kier alpha value is -3.38. The zero-order valence-electron chi connectivity index (χ0n) is 17.1. The normalized spacial score (nSPS) is 12.1. The molecule has 0 aliphatic carbocycles. The van der Waals surface area contributed by atoms with E-state index in [4.69, 9.17) is 5.10 Å². The highest BCUT2D eigenvalue weighted by atomic mass is 19.1. The van der Waals surface area contributed by atoms with Crippen LogP contribution in [0.3, 0.4) is 0 Å². The van der Waals surface area contributed by atoms with Crippen molar-refractivity contribution in [2.45, 2.75) is 32.9 Å². The van der Waals surface area contributed by atoms with Crippen molar-refractivity contribution < 1.29 is 4.39 Å². The smallest absolute Gasteiger partial charge is 0.123 e. The summed E-state index contributed by atoms with van der Waals surface area (Å²) in [4.78, 5) is 8.46. The van der Waals surface area contributed by atoms with Crippen LogP contribution in [0.25, 0.3) is 16.9 Å². The summed E-state index contributed by atoms with van der Waals surface area (Å²) in [5.41, 5.74) is 5.63. The Bertz CT molecular complexity index is 1120. The molecule has 0 bridgehead atoms. The molecular weight excluding hydrogens is 377 g/mol. The zero-order chi connectivity index (χ0) is 20.9. The number of halogens is 1. The van der Waals surface area contributed by atoms with Crippen LogP contribution >= 0.6 is 0 Å². The highest BCUT2D eigenvalue weighted by Gasteiger charge is 2.14. The second-order valence-corrected chi connectivity index (χ2v) is 7.48. The van der Waals surface area contributed by atoms with Crippen molar-refractivity contribution in [1.29, 1.82) is 0 Å². The summed E-state index contributed by atoms with van der Waals surface area (Å²) in [7, 11) is 0. The van der Waals surface area contributed by atoms with Crippen molar-refractivity contribution in [3.8, 4) is 16.9 Å². The minimum Gasteiger partial charge on any atom is -0.310 e. The lowest BCUT2D eigenvalue weighted by atomic mass is 10.1. The molecule has 2 aromatic heterocycles. The minimum atomic E-state index is -0.271. The first-order valence-electron chi connectivity index (χ1n) is 9.98. The average molecular weight is 401 g/mol. The first-order chi connectivity index (χ1) is 14.6. The van der Waals surface area contributed by atoms with E-state index in [-0.39, 0.29) is 11.9 Å². The summed E-state index contributed by atoms with van der Waals surface area (Å²) < 4.78 is 15.7. The van der Waals surface area contributed by atoms with Gasteiger partial charge < -0.3 is 5.32 Å². The molecular formula is C24H24FN5. The Labute approximate surface area is 175 Å². The lowest BCUT2D eigenvalue weighted by molar-refractivity contribution is 0.539. The fraction of sp³-hybridized carbons (Fsp3) is 0.208. The van der Waals surface area contributed by atoms with E-state index in [0.717, 1.165) is 40.2 Å². The topological polar surface area (TPSA) is 55.6 Å². The second-order valence-electron chi connectivity index (χ2n) is 7.48. The molecule has 1 atom stereocenters. The maximum absolute atomic E-state index is 13.9. The van der Waals surface area contributed by atoms with Crippen LogP contribution in [-0.4, -0.2) is 25.8 Å². The lowest BCUT2D eigenvalue weighted by Crippen LogP contribution is -2.28. The van der Waals surface area contributed by atoms with Crippen LogP contribution in [0.4, 0.5) is 4.39 Å². The molecule has 0 saturated carbocycles. The fourth-order valence-corrected chi connectivity index (χ4v) is 3.43. The van der Waals surface area contributed by atoms with Crippen LogP contribution < -0.4 is 5.32 Å². The van der Waals surface area contributed by atoms with Gasteiger partial charge in [-0.05, 0) is 43.7 Å². The Kier molecular flexibility index (Phi) is 5.95. The van der Waals surface area contributed by atoms with Gasteiger partial charge in [-0.2, -0.15) is 5.10 Å². The summed E-state index contributed by atoms with van der Waals surface area (Å²) in [6.07, 6.45) is 7.95. The van der Waals surface area contributed by atoms with Crippen LogP contribution in [0, 0.1) is 12.7 Å². The summed E-state index contributed by atoms with van der Waals surface area (Å²) in [5, 5.41) is 8.32. The number of aryl methyl sites for hydroxylation is 1. The molecule has 5 nitrogen and oxygen atoms in total. The van der Waals surface area contributed by atoms with Gasteiger partial charge in [0.05, 0.1) is 17.1 Å². The molecule has 0 fully saturated rings. The molecule has 0 saturated heterocycles. The largest absolute Gasteiger partial charge is 0.310 e. The molecule has 6 heteroatoms. The van der Waals surface area contributed by atoms with E-state index in [1.54, 1.807) is 24.7 Å². The number of hydrogen-bond acceptors (Lipinski definition) is 4. The molecule has 0 radical (unpaired) electrons. The van der Waals surface area contributed by atoms with Gasteiger partial charge in [-0.25, -0.2) is 9.07 Å². The molecule has 30 heavy (non-hydrogen) atoms. The highest BCUT2D eigenvalue weighted by molar-refractivity contribution is 5.63. The molecule has 0 aliphatic rings. The summed E-state index contributed by atoms with van der Waals surface area (Å²) >= 11 is 0. The first-order valence-corrected chi connectivity index (χ1v) is 9.98. The van der Waals surface area contributed by atoms with E-state index < -0.39 is 0 Å². The van der Waals surface area contributed by atoms with Gasteiger partial charge in [-0.1, -0.05) is 24.3 Å². The van der Waals surface area contributed by atoms with Crippen LogP contribution in [0.2, 0.25) is 0 Å². The molecule has 0 aliphatic heterocycles. The van der Waals surface area contributed by atoms with Gasteiger partial charge in [0.15, 0.2) is 0 Å². The van der Waals surface area contributed by atoms with E-state index in [9.17, 15) is 4.39 Å². The quantitative estimate of drug-likeness (QED) is 0.495. The molecule has 2 aromatic carbocycles. The van der Waals surface area contributed by atoms with Gasteiger partial charge in [-0.15, -0.1) is 0 Å². The molecule has 0 spiro atoms. The number of nitrogens with zero attached hydrogens (tertiary/aromatic N) is 4. The molecule has 1 unspecified atom stereocenters. The van der Waals surface area contributed by atoms with Crippen molar-refractivity contribution in [3.63, 3.8) is 0 Å². The molecule has 4 aromatic rings. The van der Waals surface area contributed by atoms with E-state index in [1.807, 2.05) is 29.1 Å². The molecule has 4 rings (SSSR count). The molecule has 2 heterocycles. The fourth-order valence-electron chi connectivity index (χ4n) is 3.43. The minimum absolute atomic E-state index is 0.198.